The van der Waals surface area contributed by atoms with E-state index in [1.807, 2.05) is 17.8 Å². The van der Waals surface area contributed by atoms with Crippen LogP contribution in [0, 0.1) is 5.92 Å². The second kappa shape index (κ2) is 6.96. The zero-order chi connectivity index (χ0) is 15.2. The number of hydrogen-bond donors (Lipinski definition) is 1. The van der Waals surface area contributed by atoms with E-state index in [9.17, 15) is 4.79 Å². The van der Waals surface area contributed by atoms with Crippen molar-refractivity contribution in [2.75, 3.05) is 0 Å². The van der Waals surface area contributed by atoms with Gasteiger partial charge in [0.15, 0.2) is 0 Å². The van der Waals surface area contributed by atoms with E-state index in [1.165, 1.54) is 0 Å². The highest BCUT2D eigenvalue weighted by Crippen LogP contribution is 2.19. The van der Waals surface area contributed by atoms with Crippen molar-refractivity contribution in [1.82, 2.24) is 35.1 Å². The molecular formula is C13H21N7O. The minimum absolute atomic E-state index is 0.0183. The monoisotopic (exact) mass is 291 g/mol. The van der Waals surface area contributed by atoms with Gasteiger partial charge in [-0.2, -0.15) is 0 Å². The van der Waals surface area contributed by atoms with Crippen molar-refractivity contribution in [2.24, 2.45) is 13.0 Å². The molecule has 1 atom stereocenters. The number of tetrazole rings is 1. The van der Waals surface area contributed by atoms with Gasteiger partial charge in [-0.05, 0) is 22.8 Å². The standard InChI is InChI=1S/C13H21N7O/c1-10(2)12(13-14-6-8-19(13)3)16-11(21)5-4-7-20-9-15-17-18-20/h6,8-10,12H,4-5,7H2,1-3H3,(H,16,21)/t12-/m1/s1. The molecule has 21 heavy (non-hydrogen) atoms. The van der Waals surface area contributed by atoms with Crippen LogP contribution in [-0.4, -0.2) is 35.7 Å². The Morgan fingerprint density at radius 2 is 2.24 bits per heavy atom. The summed E-state index contributed by atoms with van der Waals surface area (Å²) >= 11 is 0. The third-order valence-electron chi connectivity index (χ3n) is 3.30. The summed E-state index contributed by atoms with van der Waals surface area (Å²) in [7, 11) is 1.93. The topological polar surface area (TPSA) is 90.5 Å². The van der Waals surface area contributed by atoms with Gasteiger partial charge in [0.05, 0.1) is 6.04 Å². The number of nitrogens with zero attached hydrogens (tertiary/aromatic N) is 6. The highest BCUT2D eigenvalue weighted by molar-refractivity contribution is 5.76. The van der Waals surface area contributed by atoms with Crippen molar-refractivity contribution in [3.05, 3.63) is 24.5 Å². The van der Waals surface area contributed by atoms with Crippen LogP contribution in [0.2, 0.25) is 0 Å². The van der Waals surface area contributed by atoms with Crippen LogP contribution in [0.4, 0.5) is 0 Å². The van der Waals surface area contributed by atoms with Crippen LogP contribution < -0.4 is 5.32 Å². The predicted molar refractivity (Wildman–Crippen MR) is 76.0 cm³/mol. The van der Waals surface area contributed by atoms with E-state index in [0.717, 1.165) is 5.82 Å². The van der Waals surface area contributed by atoms with E-state index in [-0.39, 0.29) is 17.9 Å². The van der Waals surface area contributed by atoms with Gasteiger partial charge in [-0.1, -0.05) is 13.8 Å². The van der Waals surface area contributed by atoms with Crippen molar-refractivity contribution in [2.45, 2.75) is 39.3 Å². The maximum atomic E-state index is 12.1. The van der Waals surface area contributed by atoms with Crippen LogP contribution in [0.5, 0.6) is 0 Å². The molecule has 0 saturated carbocycles. The Morgan fingerprint density at radius 1 is 1.43 bits per heavy atom. The Labute approximate surface area is 123 Å². The van der Waals surface area contributed by atoms with Crippen molar-refractivity contribution >= 4 is 5.91 Å². The summed E-state index contributed by atoms with van der Waals surface area (Å²) in [6, 6.07) is -0.0782. The van der Waals surface area contributed by atoms with Crippen LogP contribution in [0.15, 0.2) is 18.7 Å². The molecule has 1 N–H and O–H groups in total. The average Bonchev–Trinajstić information content (AvgIpc) is 3.07. The molecule has 114 valence electrons. The van der Waals surface area contributed by atoms with E-state index < -0.39 is 0 Å². The Morgan fingerprint density at radius 3 is 2.81 bits per heavy atom. The fourth-order valence-corrected chi connectivity index (χ4v) is 2.14. The number of imidazole rings is 1. The molecule has 0 bridgehead atoms. The van der Waals surface area contributed by atoms with E-state index in [0.29, 0.717) is 19.4 Å². The number of rotatable bonds is 7. The molecule has 2 aromatic heterocycles. The number of carbonyl (C=O) groups excluding carboxylic acids is 1. The molecule has 0 aliphatic heterocycles. The minimum atomic E-state index is -0.0782. The van der Waals surface area contributed by atoms with E-state index in [2.05, 4.69) is 39.7 Å². The van der Waals surface area contributed by atoms with Crippen LogP contribution in [0.3, 0.4) is 0 Å². The Kier molecular flexibility index (Phi) is 5.02. The van der Waals surface area contributed by atoms with Crippen molar-refractivity contribution < 1.29 is 4.79 Å². The van der Waals surface area contributed by atoms with Crippen molar-refractivity contribution in [3.8, 4) is 0 Å². The molecule has 8 nitrogen and oxygen atoms in total. The average molecular weight is 291 g/mol. The van der Waals surface area contributed by atoms with E-state index in [4.69, 9.17) is 0 Å². The first-order chi connectivity index (χ1) is 10.1. The van der Waals surface area contributed by atoms with Crippen LogP contribution in [0.1, 0.15) is 38.6 Å². The highest BCUT2D eigenvalue weighted by atomic mass is 16.1. The van der Waals surface area contributed by atoms with Gasteiger partial charge in [-0.25, -0.2) is 9.67 Å². The van der Waals surface area contributed by atoms with Crippen molar-refractivity contribution in [3.63, 3.8) is 0 Å². The molecule has 1 amide bonds. The molecule has 8 heteroatoms. The number of aryl methyl sites for hydroxylation is 2. The molecule has 0 spiro atoms. The van der Waals surface area contributed by atoms with E-state index >= 15 is 0 Å². The quantitative estimate of drug-likeness (QED) is 0.811. The fraction of sp³-hybridized carbons (Fsp3) is 0.615. The van der Waals surface area contributed by atoms with Crippen LogP contribution in [0.25, 0.3) is 0 Å². The molecule has 0 unspecified atom stereocenters. The Balaban J connectivity index is 1.85. The van der Waals surface area contributed by atoms with Crippen LogP contribution >= 0.6 is 0 Å². The number of hydrogen-bond acceptors (Lipinski definition) is 5. The summed E-state index contributed by atoms with van der Waals surface area (Å²) in [4.78, 5) is 16.4. The molecule has 0 radical (unpaired) electrons. The summed E-state index contributed by atoms with van der Waals surface area (Å²) < 4.78 is 3.55. The van der Waals surface area contributed by atoms with E-state index in [1.54, 1.807) is 17.2 Å². The van der Waals surface area contributed by atoms with Gasteiger partial charge in [0.25, 0.3) is 0 Å². The lowest BCUT2D eigenvalue weighted by Gasteiger charge is -2.22. The molecule has 0 aliphatic rings. The van der Waals surface area contributed by atoms with Gasteiger partial charge in [0.1, 0.15) is 12.2 Å². The molecular weight excluding hydrogens is 270 g/mol. The summed E-state index contributed by atoms with van der Waals surface area (Å²) in [5, 5.41) is 13.9. The highest BCUT2D eigenvalue weighted by Gasteiger charge is 2.21. The van der Waals surface area contributed by atoms with Crippen LogP contribution in [-0.2, 0) is 18.4 Å². The smallest absolute Gasteiger partial charge is 0.220 e. The van der Waals surface area contributed by atoms with Gasteiger partial charge >= 0.3 is 0 Å². The molecule has 0 aliphatic carbocycles. The normalized spacial score (nSPS) is 12.6. The fourth-order valence-electron chi connectivity index (χ4n) is 2.14. The number of amides is 1. The Hall–Kier alpha value is -2.25. The summed E-state index contributed by atoms with van der Waals surface area (Å²) in [6.45, 7) is 4.77. The molecule has 2 heterocycles. The SMILES string of the molecule is CC(C)[C@@H](NC(=O)CCCn1cnnn1)c1nccn1C. The number of carbonyl (C=O) groups is 1. The van der Waals surface area contributed by atoms with Gasteiger partial charge in [0, 0.05) is 32.4 Å². The maximum absolute atomic E-state index is 12.1. The second-order valence-electron chi connectivity index (χ2n) is 5.36. The third-order valence-corrected chi connectivity index (χ3v) is 3.30. The zero-order valence-electron chi connectivity index (χ0n) is 12.6. The van der Waals surface area contributed by atoms with Gasteiger partial charge < -0.3 is 9.88 Å². The lowest BCUT2D eigenvalue weighted by Crippen LogP contribution is -2.33. The van der Waals surface area contributed by atoms with Gasteiger partial charge in [-0.3, -0.25) is 4.79 Å². The molecule has 0 aromatic carbocycles. The number of nitrogens with one attached hydrogen (secondary N) is 1. The molecule has 0 fully saturated rings. The first-order valence-corrected chi connectivity index (χ1v) is 7.05. The predicted octanol–water partition coefficient (Wildman–Crippen LogP) is 0.700. The zero-order valence-corrected chi connectivity index (χ0v) is 12.6. The van der Waals surface area contributed by atoms with Gasteiger partial charge in [-0.15, -0.1) is 5.10 Å². The third kappa shape index (κ3) is 4.11. The lowest BCUT2D eigenvalue weighted by molar-refractivity contribution is -0.122. The second-order valence-corrected chi connectivity index (χ2v) is 5.36. The summed E-state index contributed by atoms with van der Waals surface area (Å²) in [5.74, 6) is 1.16. The largest absolute Gasteiger partial charge is 0.346 e. The van der Waals surface area contributed by atoms with Gasteiger partial charge in [0.2, 0.25) is 5.91 Å². The van der Waals surface area contributed by atoms with Crippen molar-refractivity contribution in [1.29, 1.82) is 0 Å². The summed E-state index contributed by atoms with van der Waals surface area (Å²) in [6.07, 6.45) is 6.31. The first kappa shape index (κ1) is 15.1. The number of aromatic nitrogens is 6. The molecule has 0 saturated heterocycles. The minimum Gasteiger partial charge on any atom is -0.346 e. The summed E-state index contributed by atoms with van der Waals surface area (Å²) in [5.41, 5.74) is 0. The lowest BCUT2D eigenvalue weighted by atomic mass is 10.0. The first-order valence-electron chi connectivity index (χ1n) is 7.05. The molecule has 2 rings (SSSR count). The Bertz CT molecular complexity index is 561. The molecule has 2 aromatic rings. The maximum Gasteiger partial charge on any atom is 0.220 e.